The molecule has 1 aromatic heterocycles. The van der Waals surface area contributed by atoms with Crippen molar-refractivity contribution in [3.05, 3.63) is 22.4 Å². The smallest absolute Gasteiger partial charge is 1.00 e. The van der Waals surface area contributed by atoms with Crippen LogP contribution in [0.25, 0.3) is 0 Å². The summed E-state index contributed by atoms with van der Waals surface area (Å²) < 4.78 is 35.7. The number of alkyl halides is 3. The Balaban J connectivity index is -0.000000653. The summed E-state index contributed by atoms with van der Waals surface area (Å²) in [7, 11) is 0. The minimum atomic E-state index is -4.67. The van der Waals surface area contributed by atoms with Crippen molar-refractivity contribution in [2.45, 2.75) is 24.8 Å². The average Bonchev–Trinajstić information content (AvgIpc) is 2.53. The molecule has 0 bridgehead atoms. The monoisotopic (exact) mass is 387 g/mol. The van der Waals surface area contributed by atoms with Gasteiger partial charge in [-0.2, -0.15) is 13.2 Å². The van der Waals surface area contributed by atoms with Gasteiger partial charge in [0.15, 0.2) is 6.10 Å². The molecule has 8 heteroatoms. The van der Waals surface area contributed by atoms with Crippen LogP contribution < -0.4 is 18.9 Å². The van der Waals surface area contributed by atoms with Crippen LogP contribution in [-0.2, 0) is 0 Å². The molecule has 1 aromatic rings. The molecule has 0 aromatic carbocycles. The molecule has 1 rings (SSSR count). The van der Waals surface area contributed by atoms with E-state index < -0.39 is 24.8 Å². The van der Waals surface area contributed by atoms with E-state index in [-0.39, 0.29) is 69.7 Å². The van der Waals surface area contributed by atoms with Gasteiger partial charge in [0, 0.05) is 60.7 Å². The van der Waals surface area contributed by atoms with E-state index in [0.29, 0.717) is 4.88 Å². The molecule has 2 nitrogen and oxygen atoms in total. The predicted octanol–water partition coefficient (Wildman–Crippen LogP) is -0.789. The summed E-state index contributed by atoms with van der Waals surface area (Å²) in [6.45, 7) is 0. The Bertz CT molecular complexity index is 287. The molecular formula is C8H10EuF3LiO2S. The molecule has 0 fully saturated rings. The second-order valence-electron chi connectivity index (χ2n) is 2.82. The molecule has 0 saturated heterocycles. The zero-order valence-corrected chi connectivity index (χ0v) is 11.6. The third-order valence-electron chi connectivity index (χ3n) is 1.70. The quantitative estimate of drug-likeness (QED) is 0.669. The van der Waals surface area contributed by atoms with Gasteiger partial charge in [-0.25, -0.2) is 0 Å². The summed E-state index contributed by atoms with van der Waals surface area (Å²) in [6, 6.07) is 3.15. The topological polar surface area (TPSA) is 40.5 Å². The molecule has 1 radical (unpaired) electrons. The van der Waals surface area contributed by atoms with Crippen LogP contribution in [-0.4, -0.2) is 22.5 Å². The summed E-state index contributed by atoms with van der Waals surface area (Å²) in [4.78, 5) is 0.424. The maximum atomic E-state index is 11.9. The Morgan fingerprint density at radius 1 is 1.38 bits per heavy atom. The number of halogens is 3. The molecule has 0 saturated carbocycles. The van der Waals surface area contributed by atoms with Crippen molar-refractivity contribution in [2.75, 3.05) is 0 Å². The van der Waals surface area contributed by atoms with Crippen molar-refractivity contribution in [3.8, 4) is 0 Å². The first-order valence-corrected chi connectivity index (χ1v) is 4.75. The summed E-state index contributed by atoms with van der Waals surface area (Å²) in [5, 5.41) is 19.6. The predicted molar refractivity (Wildman–Crippen MR) is 47.1 cm³/mol. The number of thiophene rings is 1. The Hall–Kier alpha value is 1.59. The third-order valence-corrected chi connectivity index (χ3v) is 2.67. The number of aliphatic hydroxyl groups excluding tert-OH is 2. The maximum Gasteiger partial charge on any atom is 1.00 e. The van der Waals surface area contributed by atoms with Gasteiger partial charge < -0.3 is 11.6 Å². The van der Waals surface area contributed by atoms with E-state index in [1.54, 1.807) is 11.4 Å². The fraction of sp³-hybridized carbons (Fsp3) is 0.500. The number of aliphatic hydroxyl groups is 2. The van der Waals surface area contributed by atoms with Crippen molar-refractivity contribution >= 4 is 11.3 Å². The molecule has 0 aliphatic carbocycles. The molecule has 2 N–H and O–H groups in total. The van der Waals surface area contributed by atoms with Gasteiger partial charge in [-0.05, 0) is 11.4 Å². The van der Waals surface area contributed by atoms with Crippen molar-refractivity contribution in [1.82, 2.24) is 0 Å². The zero-order valence-electron chi connectivity index (χ0n) is 9.41. The number of rotatable bonds is 3. The van der Waals surface area contributed by atoms with Crippen molar-refractivity contribution < 1.29 is 93.0 Å². The van der Waals surface area contributed by atoms with E-state index in [1.165, 1.54) is 6.07 Å². The van der Waals surface area contributed by atoms with Crippen molar-refractivity contribution in [1.29, 1.82) is 0 Å². The Labute approximate surface area is 149 Å². The van der Waals surface area contributed by atoms with Gasteiger partial charge in [-0.3, -0.25) is 0 Å². The molecule has 89 valence electrons. The summed E-state index contributed by atoms with van der Waals surface area (Å²) >= 11 is 1.16. The van der Waals surface area contributed by atoms with Crippen molar-refractivity contribution in [2.24, 2.45) is 0 Å². The molecular weight excluding hydrogens is 376 g/mol. The van der Waals surface area contributed by atoms with Crippen LogP contribution in [0.2, 0.25) is 0 Å². The van der Waals surface area contributed by atoms with Crippen LogP contribution in [0, 0.1) is 49.4 Å². The average molecular weight is 386 g/mol. The van der Waals surface area contributed by atoms with Gasteiger partial charge in [-0.15, -0.1) is 11.3 Å². The Morgan fingerprint density at radius 2 is 1.94 bits per heavy atom. The molecule has 2 unspecified atom stereocenters. The second-order valence-corrected chi connectivity index (χ2v) is 3.80. The van der Waals surface area contributed by atoms with Crippen LogP contribution in [0.15, 0.2) is 17.5 Å². The molecule has 0 spiro atoms. The van der Waals surface area contributed by atoms with Crippen LogP contribution in [0.4, 0.5) is 13.2 Å². The van der Waals surface area contributed by atoms with Crippen LogP contribution >= 0.6 is 11.3 Å². The molecule has 1 heterocycles. The molecule has 0 aliphatic rings. The fourth-order valence-electron chi connectivity index (χ4n) is 0.942. The minimum Gasteiger partial charge on any atom is -1.00 e. The molecule has 16 heavy (non-hydrogen) atoms. The van der Waals surface area contributed by atoms with E-state index >= 15 is 0 Å². The Kier molecular flexibility index (Phi) is 10.8. The van der Waals surface area contributed by atoms with Crippen LogP contribution in [0.1, 0.15) is 18.8 Å². The minimum absolute atomic E-state index is 0. The van der Waals surface area contributed by atoms with Crippen LogP contribution in [0.3, 0.4) is 0 Å². The van der Waals surface area contributed by atoms with Gasteiger partial charge in [0.1, 0.15) is 0 Å². The van der Waals surface area contributed by atoms with Crippen molar-refractivity contribution in [3.63, 3.8) is 0 Å². The SMILES string of the molecule is OC(CC(O)C(F)(F)F)c1cccs1.[Eu].[H-].[Li+]. The first-order chi connectivity index (χ1) is 6.41. The fourth-order valence-corrected chi connectivity index (χ4v) is 1.67. The third kappa shape index (κ3) is 6.50. The number of hydrogen-bond acceptors (Lipinski definition) is 3. The van der Waals surface area contributed by atoms with Gasteiger partial charge in [0.25, 0.3) is 0 Å². The standard InChI is InChI=1S/C8H9F3O2S.Eu.Li.H/c9-8(10,11)7(13)4-5(12)6-2-1-3-14-6;;;/h1-3,5,7,12-13H,4H2;;;/q;;+1;-1. The van der Waals surface area contributed by atoms with Gasteiger partial charge >= 0.3 is 25.0 Å². The zero-order chi connectivity index (χ0) is 10.8. The maximum absolute atomic E-state index is 11.9. The first kappa shape index (κ1) is 19.9. The second kappa shape index (κ2) is 8.65. The molecule has 0 amide bonds. The van der Waals surface area contributed by atoms with Crippen LogP contribution in [0.5, 0.6) is 0 Å². The Morgan fingerprint density at radius 3 is 2.31 bits per heavy atom. The summed E-state index contributed by atoms with van der Waals surface area (Å²) in [5.74, 6) is 0. The van der Waals surface area contributed by atoms with E-state index in [9.17, 15) is 18.3 Å². The normalized spacial score (nSPS) is 14.6. The first-order valence-electron chi connectivity index (χ1n) is 3.87. The molecule has 0 aliphatic heterocycles. The number of hydrogen-bond donors (Lipinski definition) is 2. The van der Waals surface area contributed by atoms with E-state index in [4.69, 9.17) is 5.11 Å². The summed E-state index contributed by atoms with van der Waals surface area (Å²) in [6.07, 6.45) is -9.12. The van der Waals surface area contributed by atoms with E-state index in [2.05, 4.69) is 0 Å². The van der Waals surface area contributed by atoms with Gasteiger partial charge in [0.05, 0.1) is 6.10 Å². The molecule has 2 atom stereocenters. The van der Waals surface area contributed by atoms with Gasteiger partial charge in [0.2, 0.25) is 0 Å². The van der Waals surface area contributed by atoms with Gasteiger partial charge in [-0.1, -0.05) is 6.07 Å². The largest absolute Gasteiger partial charge is 1.00 e. The summed E-state index contributed by atoms with van der Waals surface area (Å²) in [5.41, 5.74) is 0. The van der Waals surface area contributed by atoms with E-state index in [0.717, 1.165) is 11.3 Å². The van der Waals surface area contributed by atoms with E-state index in [1.807, 2.05) is 0 Å².